The molecule has 4 N–H and O–H groups in total. The molecular weight excluding hydrogens is 202 g/mol. The molecule has 0 aliphatic carbocycles. The number of anilines is 1. The first-order chi connectivity index (χ1) is 6.75. The van der Waals surface area contributed by atoms with Gasteiger partial charge in [0.15, 0.2) is 10.7 Å². The van der Waals surface area contributed by atoms with Crippen molar-refractivity contribution in [3.63, 3.8) is 0 Å². The Balaban J connectivity index is 2.22. The van der Waals surface area contributed by atoms with Crippen LogP contribution in [0.1, 0.15) is 0 Å². The van der Waals surface area contributed by atoms with E-state index in [-0.39, 0.29) is 11.1 Å². The first-order valence-corrected chi connectivity index (χ1v) is 4.19. The van der Waals surface area contributed by atoms with E-state index < -0.39 is 0 Å². The van der Waals surface area contributed by atoms with Crippen molar-refractivity contribution in [1.82, 2.24) is 15.4 Å². The molecule has 0 bridgehead atoms. The van der Waals surface area contributed by atoms with Crippen molar-refractivity contribution >= 4 is 34.6 Å². The van der Waals surface area contributed by atoms with Crippen LogP contribution in [0.4, 0.5) is 6.01 Å². The summed E-state index contributed by atoms with van der Waals surface area (Å²) >= 11 is 4.59. The molecule has 0 saturated carbocycles. The van der Waals surface area contributed by atoms with E-state index in [2.05, 4.69) is 33.0 Å². The Bertz CT molecular complexity index is 435. The molecule has 2 rings (SSSR count). The fourth-order valence-electron chi connectivity index (χ4n) is 0.938. The maximum Gasteiger partial charge on any atom is 0.316 e. The number of fused-ring (bicyclic) bond motifs is 1. The molecule has 0 saturated heterocycles. The van der Waals surface area contributed by atoms with Crippen LogP contribution < -0.4 is 16.6 Å². The third-order valence-electron chi connectivity index (χ3n) is 1.46. The van der Waals surface area contributed by atoms with Crippen LogP contribution in [0, 0.1) is 0 Å². The van der Waals surface area contributed by atoms with Gasteiger partial charge in [-0.25, -0.2) is 4.98 Å². The zero-order chi connectivity index (χ0) is 9.97. The van der Waals surface area contributed by atoms with E-state index in [1.807, 2.05) is 0 Å². The van der Waals surface area contributed by atoms with Gasteiger partial charge >= 0.3 is 6.01 Å². The van der Waals surface area contributed by atoms with E-state index in [1.54, 1.807) is 18.3 Å². The number of nitrogens with zero attached hydrogens (tertiary/aromatic N) is 2. The third kappa shape index (κ3) is 1.72. The van der Waals surface area contributed by atoms with Crippen molar-refractivity contribution < 1.29 is 4.42 Å². The number of hydrogen-bond acceptors (Lipinski definition) is 5. The third-order valence-corrected chi connectivity index (χ3v) is 1.56. The van der Waals surface area contributed by atoms with Crippen LogP contribution in [0.3, 0.4) is 0 Å². The van der Waals surface area contributed by atoms with E-state index in [4.69, 9.17) is 10.2 Å². The van der Waals surface area contributed by atoms with Gasteiger partial charge in [0.2, 0.25) is 5.65 Å². The van der Waals surface area contributed by atoms with Crippen molar-refractivity contribution in [2.24, 2.45) is 5.73 Å². The second-order valence-corrected chi connectivity index (χ2v) is 2.90. The van der Waals surface area contributed by atoms with E-state index in [1.165, 1.54) is 0 Å². The van der Waals surface area contributed by atoms with Gasteiger partial charge in [0.1, 0.15) is 0 Å². The molecule has 0 unspecified atom stereocenters. The van der Waals surface area contributed by atoms with Gasteiger partial charge in [-0.05, 0) is 24.4 Å². The molecule has 0 aliphatic rings. The molecule has 0 atom stereocenters. The number of aromatic nitrogens is 2. The van der Waals surface area contributed by atoms with Crippen LogP contribution >= 0.6 is 12.2 Å². The highest BCUT2D eigenvalue weighted by Crippen LogP contribution is 2.14. The van der Waals surface area contributed by atoms with Gasteiger partial charge < -0.3 is 10.2 Å². The van der Waals surface area contributed by atoms with Crippen LogP contribution in [0.15, 0.2) is 22.7 Å². The van der Waals surface area contributed by atoms with Crippen LogP contribution in [0.5, 0.6) is 0 Å². The minimum absolute atomic E-state index is 0.111. The Hall–Kier alpha value is -1.89. The maximum absolute atomic E-state index is 5.26. The summed E-state index contributed by atoms with van der Waals surface area (Å²) in [6.07, 6.45) is 1.63. The molecule has 2 aromatic rings. The summed E-state index contributed by atoms with van der Waals surface area (Å²) < 4.78 is 5.26. The van der Waals surface area contributed by atoms with Crippen LogP contribution in [-0.4, -0.2) is 15.1 Å². The van der Waals surface area contributed by atoms with E-state index >= 15 is 0 Å². The van der Waals surface area contributed by atoms with Crippen molar-refractivity contribution in [2.75, 3.05) is 5.43 Å². The smallest absolute Gasteiger partial charge is 0.316 e. The molecule has 0 spiro atoms. The van der Waals surface area contributed by atoms with Gasteiger partial charge in [-0.1, -0.05) is 0 Å². The Kier molecular flexibility index (Phi) is 2.15. The van der Waals surface area contributed by atoms with Crippen LogP contribution in [0.25, 0.3) is 11.2 Å². The fraction of sp³-hybridized carbons (Fsp3) is 0. The molecule has 6 nitrogen and oxygen atoms in total. The highest BCUT2D eigenvalue weighted by molar-refractivity contribution is 7.80. The SMILES string of the molecule is NC(=S)NNc1nc2ncccc2o1. The minimum atomic E-state index is 0.111. The van der Waals surface area contributed by atoms with Crippen LogP contribution in [-0.2, 0) is 0 Å². The summed E-state index contributed by atoms with van der Waals surface area (Å²) in [5.74, 6) is 0. The summed E-state index contributed by atoms with van der Waals surface area (Å²) in [5.41, 5.74) is 11.4. The first-order valence-electron chi connectivity index (χ1n) is 3.79. The van der Waals surface area contributed by atoms with Gasteiger partial charge in [-0.15, -0.1) is 0 Å². The normalized spacial score (nSPS) is 10.0. The quantitative estimate of drug-likeness (QED) is 0.486. The molecule has 0 aromatic carbocycles. The van der Waals surface area contributed by atoms with E-state index in [0.717, 1.165) is 0 Å². The van der Waals surface area contributed by atoms with Crippen LogP contribution in [0.2, 0.25) is 0 Å². The lowest BCUT2D eigenvalue weighted by Crippen LogP contribution is -2.33. The number of hydrogen-bond donors (Lipinski definition) is 3. The highest BCUT2D eigenvalue weighted by Gasteiger charge is 2.04. The number of nitrogens with two attached hydrogens (primary N) is 1. The zero-order valence-electron chi connectivity index (χ0n) is 7.02. The molecule has 2 heterocycles. The van der Waals surface area contributed by atoms with Gasteiger partial charge in [-0.2, -0.15) is 4.98 Å². The second-order valence-electron chi connectivity index (χ2n) is 2.46. The lowest BCUT2D eigenvalue weighted by molar-refractivity contribution is 0.611. The number of rotatable bonds is 2. The van der Waals surface area contributed by atoms with Gasteiger partial charge in [0.05, 0.1) is 0 Å². The molecule has 14 heavy (non-hydrogen) atoms. The number of thiocarbonyl (C=S) groups is 1. The largest absolute Gasteiger partial charge is 0.421 e. The second kappa shape index (κ2) is 3.46. The van der Waals surface area contributed by atoms with E-state index in [0.29, 0.717) is 11.2 Å². The molecule has 7 heteroatoms. The zero-order valence-corrected chi connectivity index (χ0v) is 7.84. The summed E-state index contributed by atoms with van der Waals surface area (Å²) in [6, 6.07) is 3.80. The highest BCUT2D eigenvalue weighted by atomic mass is 32.1. The van der Waals surface area contributed by atoms with E-state index in [9.17, 15) is 0 Å². The lowest BCUT2D eigenvalue weighted by atomic mass is 10.5. The molecule has 0 fully saturated rings. The molecule has 0 aliphatic heterocycles. The maximum atomic E-state index is 5.26. The predicted octanol–water partition coefficient (Wildman–Crippen LogP) is 0.383. The van der Waals surface area contributed by atoms with Gasteiger partial charge in [0, 0.05) is 6.20 Å². The summed E-state index contributed by atoms with van der Waals surface area (Å²) in [6.45, 7) is 0. The monoisotopic (exact) mass is 209 g/mol. The van der Waals surface area contributed by atoms with Gasteiger partial charge in [-0.3, -0.25) is 10.9 Å². The number of oxazole rings is 1. The standard InChI is InChI=1S/C7H7N5OS/c8-6(14)11-12-7-10-5-4(13-7)2-1-3-9-5/h1-3H,(H3,8,11,14)(H,9,10,12). The number of nitrogens with one attached hydrogen (secondary N) is 2. The number of hydrazine groups is 1. The summed E-state index contributed by atoms with van der Waals surface area (Å²) in [5, 5.41) is 0.111. The summed E-state index contributed by atoms with van der Waals surface area (Å²) in [7, 11) is 0. The Morgan fingerprint density at radius 1 is 1.57 bits per heavy atom. The number of pyridine rings is 1. The molecule has 72 valence electrons. The fourth-order valence-corrected chi connectivity index (χ4v) is 0.989. The molecule has 0 radical (unpaired) electrons. The van der Waals surface area contributed by atoms with Crippen molar-refractivity contribution in [2.45, 2.75) is 0 Å². The predicted molar refractivity (Wildman–Crippen MR) is 55.3 cm³/mol. The molecule has 2 aromatic heterocycles. The first kappa shape index (κ1) is 8.70. The Labute approximate surface area is 84.5 Å². The average molecular weight is 209 g/mol. The molecular formula is C7H7N5OS. The van der Waals surface area contributed by atoms with Gasteiger partial charge in [0.25, 0.3) is 0 Å². The van der Waals surface area contributed by atoms with Crippen molar-refractivity contribution in [1.29, 1.82) is 0 Å². The van der Waals surface area contributed by atoms with Crippen molar-refractivity contribution in [3.8, 4) is 0 Å². The Morgan fingerprint density at radius 3 is 3.14 bits per heavy atom. The van der Waals surface area contributed by atoms with Crippen molar-refractivity contribution in [3.05, 3.63) is 18.3 Å². The lowest BCUT2D eigenvalue weighted by Gasteiger charge is -2.00. The molecule has 0 amide bonds. The average Bonchev–Trinajstić information content (AvgIpc) is 2.57. The Morgan fingerprint density at radius 2 is 2.43 bits per heavy atom. The summed E-state index contributed by atoms with van der Waals surface area (Å²) in [4.78, 5) is 8.01. The topological polar surface area (TPSA) is 89.0 Å². The minimum Gasteiger partial charge on any atom is -0.421 e.